The molecule has 38 heavy (non-hydrogen) atoms. The second-order valence-corrected chi connectivity index (χ2v) is 11.2. The summed E-state index contributed by atoms with van der Waals surface area (Å²) in [7, 11) is 0. The summed E-state index contributed by atoms with van der Waals surface area (Å²) in [4.78, 5) is 43.6. The number of rotatable bonds is 6. The first-order valence-corrected chi connectivity index (χ1v) is 13.2. The first-order chi connectivity index (χ1) is 18.1. The Bertz CT molecular complexity index is 1350. The highest BCUT2D eigenvalue weighted by Gasteiger charge is 2.30. The molecule has 0 spiro atoms. The number of nitrogens with one attached hydrogen (secondary N) is 1. The summed E-state index contributed by atoms with van der Waals surface area (Å²) in [6, 6.07) is 10.9. The predicted molar refractivity (Wildman–Crippen MR) is 143 cm³/mol. The first-order valence-electron chi connectivity index (χ1n) is 13.2. The molecule has 3 aromatic rings. The lowest BCUT2D eigenvalue weighted by Gasteiger charge is -2.32. The van der Waals surface area contributed by atoms with Crippen LogP contribution in [0.4, 0.5) is 10.6 Å². The number of piperidine rings is 1. The van der Waals surface area contributed by atoms with E-state index in [0.717, 1.165) is 23.7 Å². The number of anilines is 1. The Kier molecular flexibility index (Phi) is 7.10. The van der Waals surface area contributed by atoms with Crippen molar-refractivity contribution >= 4 is 34.6 Å². The summed E-state index contributed by atoms with van der Waals surface area (Å²) < 4.78 is 13.2. The van der Waals surface area contributed by atoms with Gasteiger partial charge in [0.25, 0.3) is 0 Å². The zero-order valence-corrected chi connectivity index (χ0v) is 22.1. The summed E-state index contributed by atoms with van der Waals surface area (Å²) in [5, 5.41) is 3.80. The topological polar surface area (TPSA) is 103 Å². The lowest BCUT2D eigenvalue weighted by Crippen LogP contribution is -2.43. The Balaban J connectivity index is 1.17. The largest absolute Gasteiger partial charge is 0.457 e. The molecule has 9 nitrogen and oxygen atoms in total. The van der Waals surface area contributed by atoms with Crippen LogP contribution in [0.1, 0.15) is 57.7 Å². The molecule has 2 aliphatic rings. The molecule has 0 radical (unpaired) electrons. The first kappa shape index (κ1) is 25.8. The second-order valence-electron chi connectivity index (χ2n) is 11.2. The van der Waals surface area contributed by atoms with Crippen molar-refractivity contribution in [3.05, 3.63) is 48.8 Å². The van der Waals surface area contributed by atoms with Gasteiger partial charge in [0, 0.05) is 49.3 Å². The van der Waals surface area contributed by atoms with E-state index in [-0.39, 0.29) is 23.8 Å². The molecule has 1 N–H and O–H groups in total. The molecule has 0 atom stereocenters. The summed E-state index contributed by atoms with van der Waals surface area (Å²) in [5.41, 5.74) is 0.318. The molecule has 1 aliphatic heterocycles. The minimum Gasteiger partial charge on any atom is -0.457 e. The Morgan fingerprint density at radius 3 is 2.45 bits per heavy atom. The number of nitrogens with zero attached hydrogens (tertiary/aromatic N) is 3. The monoisotopic (exact) mass is 518 g/mol. The van der Waals surface area contributed by atoms with Gasteiger partial charge >= 0.3 is 6.09 Å². The molecule has 2 aromatic heterocycles. The number of carbonyl (C=O) groups is 3. The molecular weight excluding hydrogens is 484 g/mol. The third kappa shape index (κ3) is 6.33. The standard InChI is InChI=1S/C29H34N4O5/c1-29(2,3)38-28(36)32-13-9-20(10-14-32)27(35)31-25-18-23(8-12-30-25)37-22-6-7-24-21(17-22)11-15-33(24)26(34)16-19-4-5-19/h6-8,11-12,15,17-20H,4-5,9-10,13-14,16H2,1-3H3,(H,30,31,35). The minimum atomic E-state index is -0.546. The summed E-state index contributed by atoms with van der Waals surface area (Å²) in [5.74, 6) is 1.89. The van der Waals surface area contributed by atoms with Crippen LogP contribution in [0.25, 0.3) is 10.9 Å². The van der Waals surface area contributed by atoms with Crippen molar-refractivity contribution in [2.24, 2.45) is 11.8 Å². The van der Waals surface area contributed by atoms with Gasteiger partial charge in [0.15, 0.2) is 0 Å². The smallest absolute Gasteiger partial charge is 0.410 e. The molecule has 5 rings (SSSR count). The number of hydrogen-bond donors (Lipinski definition) is 1. The van der Waals surface area contributed by atoms with Crippen molar-refractivity contribution in [2.45, 2.75) is 58.5 Å². The zero-order valence-electron chi connectivity index (χ0n) is 22.1. The van der Waals surface area contributed by atoms with E-state index in [0.29, 0.717) is 55.6 Å². The fourth-order valence-corrected chi connectivity index (χ4v) is 4.63. The van der Waals surface area contributed by atoms with Gasteiger partial charge in [-0.05, 0) is 82.7 Å². The molecule has 0 bridgehead atoms. The van der Waals surface area contributed by atoms with E-state index in [1.54, 1.807) is 27.8 Å². The van der Waals surface area contributed by atoms with E-state index in [1.807, 2.05) is 51.2 Å². The van der Waals surface area contributed by atoms with E-state index in [4.69, 9.17) is 9.47 Å². The van der Waals surface area contributed by atoms with Gasteiger partial charge in [0.1, 0.15) is 22.9 Å². The summed E-state index contributed by atoms with van der Waals surface area (Å²) in [6.07, 6.45) is 7.06. The van der Waals surface area contributed by atoms with Gasteiger partial charge < -0.3 is 19.7 Å². The van der Waals surface area contributed by atoms with E-state index in [9.17, 15) is 14.4 Å². The molecule has 2 fully saturated rings. The molecule has 1 aromatic carbocycles. The predicted octanol–water partition coefficient (Wildman–Crippen LogP) is 5.85. The number of likely N-dealkylation sites (tertiary alicyclic amines) is 1. The van der Waals surface area contributed by atoms with Crippen molar-refractivity contribution in [3.63, 3.8) is 0 Å². The summed E-state index contributed by atoms with van der Waals surface area (Å²) >= 11 is 0. The highest BCUT2D eigenvalue weighted by molar-refractivity contribution is 5.93. The highest BCUT2D eigenvalue weighted by atomic mass is 16.6. The van der Waals surface area contributed by atoms with E-state index >= 15 is 0 Å². The van der Waals surface area contributed by atoms with E-state index < -0.39 is 5.60 Å². The van der Waals surface area contributed by atoms with Gasteiger partial charge in [0.05, 0.1) is 5.52 Å². The van der Waals surface area contributed by atoms with Gasteiger partial charge in [-0.2, -0.15) is 0 Å². The van der Waals surface area contributed by atoms with Crippen LogP contribution >= 0.6 is 0 Å². The Hall–Kier alpha value is -3.88. The quantitative estimate of drug-likeness (QED) is 0.439. The molecule has 1 aliphatic carbocycles. The van der Waals surface area contributed by atoms with Crippen LogP contribution in [-0.2, 0) is 9.53 Å². The van der Waals surface area contributed by atoms with Crippen molar-refractivity contribution in [2.75, 3.05) is 18.4 Å². The lowest BCUT2D eigenvalue weighted by atomic mass is 9.96. The van der Waals surface area contributed by atoms with Crippen LogP contribution < -0.4 is 10.1 Å². The molecule has 1 saturated heterocycles. The van der Waals surface area contributed by atoms with Crippen LogP contribution in [0, 0.1) is 11.8 Å². The molecule has 9 heteroatoms. The number of ether oxygens (including phenoxy) is 2. The van der Waals surface area contributed by atoms with Crippen LogP contribution in [0.15, 0.2) is 48.8 Å². The number of aromatic nitrogens is 2. The van der Waals surface area contributed by atoms with Crippen molar-refractivity contribution in [3.8, 4) is 11.5 Å². The molecule has 200 valence electrons. The SMILES string of the molecule is CC(C)(C)OC(=O)N1CCC(C(=O)Nc2cc(Oc3ccc4c(ccn4C(=O)CC4CC4)c3)ccn2)CC1. The average Bonchev–Trinajstić information content (AvgIpc) is 3.58. The number of amides is 2. The zero-order chi connectivity index (χ0) is 26.9. The third-order valence-corrected chi connectivity index (χ3v) is 6.83. The van der Waals surface area contributed by atoms with Crippen molar-refractivity contribution in [1.82, 2.24) is 14.5 Å². The maximum atomic E-state index is 12.9. The van der Waals surface area contributed by atoms with Gasteiger partial charge in [-0.25, -0.2) is 9.78 Å². The normalized spacial score (nSPS) is 16.3. The maximum absolute atomic E-state index is 12.9. The fraction of sp³-hybridized carbons (Fsp3) is 0.448. The van der Waals surface area contributed by atoms with Crippen LogP contribution in [0.5, 0.6) is 11.5 Å². The van der Waals surface area contributed by atoms with Crippen LogP contribution in [0.3, 0.4) is 0 Å². The highest BCUT2D eigenvalue weighted by Crippen LogP contribution is 2.34. The molecule has 0 unspecified atom stereocenters. The third-order valence-electron chi connectivity index (χ3n) is 6.83. The van der Waals surface area contributed by atoms with Gasteiger partial charge in [-0.1, -0.05) is 0 Å². The molecular formula is C29H34N4O5. The van der Waals surface area contributed by atoms with Gasteiger partial charge in [-0.3, -0.25) is 14.2 Å². The van der Waals surface area contributed by atoms with Crippen LogP contribution in [-0.4, -0.2) is 51.0 Å². The minimum absolute atomic E-state index is 0.126. The number of fused-ring (bicyclic) bond motifs is 1. The second kappa shape index (κ2) is 10.5. The Morgan fingerprint density at radius 2 is 1.74 bits per heavy atom. The van der Waals surface area contributed by atoms with Gasteiger partial charge in [-0.15, -0.1) is 0 Å². The number of carbonyl (C=O) groups excluding carboxylic acids is 3. The molecule has 2 amide bonds. The number of benzene rings is 1. The maximum Gasteiger partial charge on any atom is 0.410 e. The van der Waals surface area contributed by atoms with E-state index in [2.05, 4.69) is 10.3 Å². The van der Waals surface area contributed by atoms with Gasteiger partial charge in [0.2, 0.25) is 11.8 Å². The number of pyridine rings is 1. The lowest BCUT2D eigenvalue weighted by molar-refractivity contribution is -0.121. The van der Waals surface area contributed by atoms with Crippen LogP contribution in [0.2, 0.25) is 0 Å². The molecule has 3 heterocycles. The summed E-state index contributed by atoms with van der Waals surface area (Å²) in [6.45, 7) is 6.46. The van der Waals surface area contributed by atoms with Crippen molar-refractivity contribution < 1.29 is 23.9 Å². The van der Waals surface area contributed by atoms with E-state index in [1.165, 1.54) is 0 Å². The molecule has 1 saturated carbocycles. The fourth-order valence-electron chi connectivity index (χ4n) is 4.63. The van der Waals surface area contributed by atoms with Crippen molar-refractivity contribution in [1.29, 1.82) is 0 Å². The average molecular weight is 519 g/mol. The Morgan fingerprint density at radius 1 is 1.00 bits per heavy atom. The Labute approximate surface area is 222 Å². The number of hydrogen-bond acceptors (Lipinski definition) is 6.